The average Bonchev–Trinajstić information content (AvgIpc) is 3.22. The first-order valence-electron chi connectivity index (χ1n) is 8.15. The molecule has 0 bridgehead atoms. The summed E-state index contributed by atoms with van der Waals surface area (Å²) < 4.78 is 34.8. The van der Waals surface area contributed by atoms with Crippen LogP contribution in [0.2, 0.25) is 0 Å². The van der Waals surface area contributed by atoms with Crippen LogP contribution in [0.1, 0.15) is 36.5 Å². The molecule has 1 fully saturated rings. The van der Waals surface area contributed by atoms with Crippen molar-refractivity contribution in [1.82, 2.24) is 13.9 Å². The van der Waals surface area contributed by atoms with E-state index in [1.165, 1.54) is 0 Å². The monoisotopic (exact) mass is 381 g/mol. The minimum Gasteiger partial charge on any atom is -0.497 e. The van der Waals surface area contributed by atoms with E-state index in [2.05, 4.69) is 4.98 Å². The molecule has 2 heterocycles. The number of benzene rings is 1. The van der Waals surface area contributed by atoms with E-state index in [1.807, 2.05) is 45.2 Å². The van der Waals surface area contributed by atoms with Crippen molar-refractivity contribution in [3.05, 3.63) is 41.9 Å². The number of sulfonamides is 1. The van der Waals surface area contributed by atoms with E-state index in [0.29, 0.717) is 6.54 Å². The van der Waals surface area contributed by atoms with Crippen LogP contribution in [0.4, 0.5) is 0 Å². The van der Waals surface area contributed by atoms with Crippen molar-refractivity contribution in [3.63, 3.8) is 0 Å². The molecule has 1 aliphatic rings. The number of hydrogen-bond donors (Lipinski definition) is 0. The molecule has 0 spiro atoms. The highest BCUT2D eigenvalue weighted by Crippen LogP contribution is 2.41. The molecule has 1 unspecified atom stereocenters. The molecule has 6 nitrogen and oxygen atoms in total. The SMILES string of the molecule is COc1ccc(C2SCCN2S(=O)(=O)c2cn(C)c(C(C)C)n2)cc1. The van der Waals surface area contributed by atoms with Gasteiger partial charge in [0.2, 0.25) is 0 Å². The maximum atomic E-state index is 13.1. The Kier molecular flexibility index (Phi) is 5.13. The number of aromatic nitrogens is 2. The molecule has 1 saturated heterocycles. The van der Waals surface area contributed by atoms with E-state index >= 15 is 0 Å². The molecule has 136 valence electrons. The van der Waals surface area contributed by atoms with Crippen molar-refractivity contribution in [2.75, 3.05) is 19.4 Å². The van der Waals surface area contributed by atoms with Gasteiger partial charge in [-0.15, -0.1) is 11.8 Å². The van der Waals surface area contributed by atoms with Crippen molar-refractivity contribution < 1.29 is 13.2 Å². The van der Waals surface area contributed by atoms with Crippen LogP contribution in [0, 0.1) is 0 Å². The highest BCUT2D eigenvalue weighted by atomic mass is 32.2. The lowest BCUT2D eigenvalue weighted by Gasteiger charge is -2.22. The molecule has 25 heavy (non-hydrogen) atoms. The predicted octanol–water partition coefficient (Wildman–Crippen LogP) is 2.99. The summed E-state index contributed by atoms with van der Waals surface area (Å²) in [5.74, 6) is 2.46. The normalized spacial score (nSPS) is 18.8. The van der Waals surface area contributed by atoms with Crippen molar-refractivity contribution in [2.24, 2.45) is 7.05 Å². The number of nitrogens with zero attached hydrogens (tertiary/aromatic N) is 3. The van der Waals surface area contributed by atoms with E-state index in [1.54, 1.807) is 33.9 Å². The van der Waals surface area contributed by atoms with E-state index in [9.17, 15) is 8.42 Å². The van der Waals surface area contributed by atoms with E-state index in [-0.39, 0.29) is 16.3 Å². The maximum Gasteiger partial charge on any atom is 0.263 e. The topological polar surface area (TPSA) is 64.4 Å². The van der Waals surface area contributed by atoms with Crippen LogP contribution in [0.3, 0.4) is 0 Å². The summed E-state index contributed by atoms with van der Waals surface area (Å²) >= 11 is 1.63. The smallest absolute Gasteiger partial charge is 0.263 e. The molecule has 3 rings (SSSR count). The quantitative estimate of drug-likeness (QED) is 0.797. The molecular weight excluding hydrogens is 358 g/mol. The number of methoxy groups -OCH3 is 1. The van der Waals surface area contributed by atoms with E-state index < -0.39 is 10.0 Å². The third-order valence-corrected chi connectivity index (χ3v) is 7.36. The van der Waals surface area contributed by atoms with Gasteiger partial charge in [0, 0.05) is 31.5 Å². The van der Waals surface area contributed by atoms with E-state index in [4.69, 9.17) is 4.74 Å². The van der Waals surface area contributed by atoms with Crippen LogP contribution in [0.5, 0.6) is 5.75 Å². The second kappa shape index (κ2) is 7.01. The third kappa shape index (κ3) is 3.43. The zero-order valence-electron chi connectivity index (χ0n) is 14.8. The lowest BCUT2D eigenvalue weighted by Crippen LogP contribution is -2.30. The molecule has 0 radical (unpaired) electrons. The van der Waals surface area contributed by atoms with Crippen LogP contribution in [0.15, 0.2) is 35.5 Å². The van der Waals surface area contributed by atoms with Crippen molar-refractivity contribution in [1.29, 1.82) is 0 Å². The summed E-state index contributed by atoms with van der Waals surface area (Å²) in [4.78, 5) is 4.39. The number of aryl methyl sites for hydroxylation is 1. The van der Waals surface area contributed by atoms with Gasteiger partial charge in [0.15, 0.2) is 5.03 Å². The highest BCUT2D eigenvalue weighted by Gasteiger charge is 2.38. The number of imidazole rings is 1. The number of hydrogen-bond acceptors (Lipinski definition) is 5. The zero-order chi connectivity index (χ0) is 18.2. The minimum atomic E-state index is -3.64. The second-order valence-corrected chi connectivity index (χ2v) is 9.34. The molecule has 8 heteroatoms. The molecule has 0 aliphatic carbocycles. The van der Waals surface area contributed by atoms with Gasteiger partial charge in [0.25, 0.3) is 10.0 Å². The Balaban J connectivity index is 1.93. The fourth-order valence-corrected chi connectivity index (χ4v) is 6.20. The van der Waals surface area contributed by atoms with E-state index in [0.717, 1.165) is 22.9 Å². The Morgan fingerprint density at radius 2 is 1.96 bits per heavy atom. The molecule has 0 amide bonds. The number of thioether (sulfide) groups is 1. The molecule has 0 saturated carbocycles. The fraction of sp³-hybridized carbons (Fsp3) is 0.471. The number of rotatable bonds is 5. The van der Waals surface area contributed by atoms with Crippen LogP contribution in [0.25, 0.3) is 0 Å². The van der Waals surface area contributed by atoms with Gasteiger partial charge in [0.05, 0.1) is 12.5 Å². The van der Waals surface area contributed by atoms with Crippen LogP contribution >= 0.6 is 11.8 Å². The summed E-state index contributed by atoms with van der Waals surface area (Å²) in [6.45, 7) is 4.49. The molecule has 0 N–H and O–H groups in total. The Morgan fingerprint density at radius 3 is 2.52 bits per heavy atom. The van der Waals surface area contributed by atoms with Gasteiger partial charge in [-0.3, -0.25) is 0 Å². The average molecular weight is 382 g/mol. The van der Waals surface area contributed by atoms with Gasteiger partial charge in [0.1, 0.15) is 11.6 Å². The van der Waals surface area contributed by atoms with Gasteiger partial charge >= 0.3 is 0 Å². The van der Waals surface area contributed by atoms with Gasteiger partial charge in [-0.1, -0.05) is 26.0 Å². The standard InChI is InChI=1S/C17H23N3O3S2/c1-12(2)16-18-15(11-19(16)3)25(21,22)20-9-10-24-17(20)13-5-7-14(23-4)8-6-13/h5-8,11-12,17H,9-10H2,1-4H3. The molecule has 2 aromatic rings. The minimum absolute atomic E-state index is 0.125. The largest absolute Gasteiger partial charge is 0.497 e. The van der Waals surface area contributed by atoms with Crippen molar-refractivity contribution >= 4 is 21.8 Å². The van der Waals surface area contributed by atoms with Gasteiger partial charge in [-0.25, -0.2) is 13.4 Å². The van der Waals surface area contributed by atoms with Gasteiger partial charge in [-0.2, -0.15) is 4.31 Å². The van der Waals surface area contributed by atoms with Crippen molar-refractivity contribution in [3.8, 4) is 5.75 Å². The predicted molar refractivity (Wildman–Crippen MR) is 99.4 cm³/mol. The molecule has 1 aromatic heterocycles. The van der Waals surface area contributed by atoms with Crippen LogP contribution < -0.4 is 4.74 Å². The Bertz CT molecular complexity index is 845. The Morgan fingerprint density at radius 1 is 1.28 bits per heavy atom. The number of ether oxygens (including phenoxy) is 1. The Labute approximate surface area is 153 Å². The first-order chi connectivity index (χ1) is 11.8. The van der Waals surface area contributed by atoms with Gasteiger partial charge < -0.3 is 9.30 Å². The molecule has 1 aromatic carbocycles. The second-order valence-electron chi connectivity index (χ2n) is 6.32. The summed E-state index contributed by atoms with van der Waals surface area (Å²) in [7, 11) is -0.189. The lowest BCUT2D eigenvalue weighted by atomic mass is 10.2. The van der Waals surface area contributed by atoms with Crippen LogP contribution in [-0.4, -0.2) is 41.7 Å². The molecule has 1 aliphatic heterocycles. The summed E-state index contributed by atoms with van der Waals surface area (Å²) in [6.07, 6.45) is 1.61. The summed E-state index contributed by atoms with van der Waals surface area (Å²) in [6, 6.07) is 7.55. The summed E-state index contributed by atoms with van der Waals surface area (Å²) in [5.41, 5.74) is 0.951. The summed E-state index contributed by atoms with van der Waals surface area (Å²) in [5, 5.41) is -0.111. The Hall–Kier alpha value is -1.51. The molecule has 1 atom stereocenters. The lowest BCUT2D eigenvalue weighted by molar-refractivity contribution is 0.413. The van der Waals surface area contributed by atoms with Crippen LogP contribution in [-0.2, 0) is 17.1 Å². The highest BCUT2D eigenvalue weighted by molar-refractivity contribution is 8.00. The van der Waals surface area contributed by atoms with Gasteiger partial charge in [-0.05, 0) is 17.7 Å². The molecular formula is C17H23N3O3S2. The zero-order valence-corrected chi connectivity index (χ0v) is 16.5. The first kappa shape index (κ1) is 18.3. The van der Waals surface area contributed by atoms with Crippen molar-refractivity contribution in [2.45, 2.75) is 30.2 Å². The fourth-order valence-electron chi connectivity index (χ4n) is 2.97. The first-order valence-corrected chi connectivity index (χ1v) is 10.6. The maximum absolute atomic E-state index is 13.1. The third-order valence-electron chi connectivity index (χ3n) is 4.23.